The number of methoxy groups -OCH3 is 2. The first-order valence-corrected chi connectivity index (χ1v) is 10.8. The van der Waals surface area contributed by atoms with E-state index in [4.69, 9.17) is 9.47 Å². The van der Waals surface area contributed by atoms with E-state index < -0.39 is 0 Å². The van der Waals surface area contributed by atoms with Gasteiger partial charge in [-0.2, -0.15) is 0 Å². The number of piperazine rings is 1. The summed E-state index contributed by atoms with van der Waals surface area (Å²) in [4.78, 5) is 23.7. The minimum absolute atomic E-state index is 0.0491. The van der Waals surface area contributed by atoms with Crippen molar-refractivity contribution in [3.63, 3.8) is 0 Å². The molecule has 0 bridgehead atoms. The average molecular weight is 418 g/mol. The molecule has 1 atom stereocenters. The molecule has 1 aromatic rings. The summed E-state index contributed by atoms with van der Waals surface area (Å²) in [6.45, 7) is 7.94. The first-order chi connectivity index (χ1) is 14.6. The summed E-state index contributed by atoms with van der Waals surface area (Å²) in [5, 5.41) is 3.44. The van der Waals surface area contributed by atoms with Crippen LogP contribution in [0.4, 0.5) is 0 Å². The Morgan fingerprint density at radius 3 is 2.30 bits per heavy atom. The van der Waals surface area contributed by atoms with Crippen LogP contribution in [-0.4, -0.2) is 93.1 Å². The molecule has 0 aliphatic carbocycles. The number of nitrogens with zero attached hydrogens (tertiary/aromatic N) is 4. The molecule has 3 rings (SSSR count). The fraction of sp³-hybridized carbons (Fsp3) is 0.636. The first kappa shape index (κ1) is 22.2. The molecule has 2 aliphatic rings. The number of carbonyl (C=O) groups is 1. The summed E-state index contributed by atoms with van der Waals surface area (Å²) < 4.78 is 10.7. The van der Waals surface area contributed by atoms with Crippen molar-refractivity contribution in [1.29, 1.82) is 0 Å². The van der Waals surface area contributed by atoms with Crippen LogP contribution >= 0.6 is 0 Å². The third-order valence-corrected chi connectivity index (χ3v) is 6.05. The molecular weight excluding hydrogens is 382 g/mol. The number of amides is 1. The number of likely N-dealkylation sites (tertiary alicyclic amines) is 1. The molecule has 166 valence electrons. The topological polar surface area (TPSA) is 69.6 Å². The molecule has 8 nitrogen and oxygen atoms in total. The fourth-order valence-electron chi connectivity index (χ4n) is 4.18. The van der Waals surface area contributed by atoms with Gasteiger partial charge in [-0.3, -0.25) is 14.7 Å². The number of nitrogens with one attached hydrogen (secondary N) is 1. The second kappa shape index (κ2) is 10.5. The van der Waals surface area contributed by atoms with Gasteiger partial charge in [0.15, 0.2) is 17.5 Å². The fourth-order valence-corrected chi connectivity index (χ4v) is 4.18. The Morgan fingerprint density at radius 2 is 1.70 bits per heavy atom. The predicted octanol–water partition coefficient (Wildman–Crippen LogP) is 1.41. The molecule has 1 unspecified atom stereocenters. The third-order valence-electron chi connectivity index (χ3n) is 6.05. The second-order valence-electron chi connectivity index (χ2n) is 7.82. The highest BCUT2D eigenvalue weighted by atomic mass is 16.5. The van der Waals surface area contributed by atoms with Crippen molar-refractivity contribution in [3.05, 3.63) is 23.8 Å². The van der Waals surface area contributed by atoms with Crippen LogP contribution in [0, 0.1) is 0 Å². The van der Waals surface area contributed by atoms with Gasteiger partial charge in [-0.1, -0.05) is 6.07 Å². The Labute approximate surface area is 179 Å². The highest BCUT2D eigenvalue weighted by molar-refractivity contribution is 5.82. The average Bonchev–Trinajstić information content (AvgIpc) is 3.33. The lowest BCUT2D eigenvalue weighted by Crippen LogP contribution is -2.57. The van der Waals surface area contributed by atoms with Crippen molar-refractivity contribution in [2.45, 2.75) is 32.4 Å². The quantitative estimate of drug-likeness (QED) is 0.558. The van der Waals surface area contributed by atoms with Crippen LogP contribution in [0.15, 0.2) is 23.2 Å². The van der Waals surface area contributed by atoms with Crippen molar-refractivity contribution in [2.24, 2.45) is 4.99 Å². The monoisotopic (exact) mass is 417 g/mol. The number of aliphatic imine (C=N–C) groups is 1. The number of benzene rings is 1. The smallest absolute Gasteiger partial charge is 0.239 e. The molecule has 0 radical (unpaired) electrons. The third kappa shape index (κ3) is 5.16. The van der Waals surface area contributed by atoms with E-state index in [2.05, 4.69) is 20.1 Å². The number of carbonyl (C=O) groups excluding carboxylic acids is 1. The lowest BCUT2D eigenvalue weighted by atomic mass is 10.2. The molecule has 0 spiro atoms. The number of hydrogen-bond acceptors (Lipinski definition) is 5. The summed E-state index contributed by atoms with van der Waals surface area (Å²) in [5.74, 6) is 2.59. The van der Waals surface area contributed by atoms with E-state index in [0.717, 1.165) is 75.1 Å². The van der Waals surface area contributed by atoms with E-state index in [9.17, 15) is 4.79 Å². The van der Waals surface area contributed by atoms with Gasteiger partial charge in [-0.05, 0) is 37.5 Å². The molecule has 2 fully saturated rings. The highest BCUT2D eigenvalue weighted by Crippen LogP contribution is 2.27. The molecule has 2 heterocycles. The van der Waals surface area contributed by atoms with Crippen LogP contribution in [0.2, 0.25) is 0 Å². The zero-order valence-electron chi connectivity index (χ0n) is 18.7. The molecule has 1 N–H and O–H groups in total. The van der Waals surface area contributed by atoms with E-state index in [-0.39, 0.29) is 11.9 Å². The van der Waals surface area contributed by atoms with Gasteiger partial charge < -0.3 is 24.6 Å². The molecule has 2 aliphatic heterocycles. The minimum Gasteiger partial charge on any atom is -0.493 e. The van der Waals surface area contributed by atoms with E-state index in [1.54, 1.807) is 14.2 Å². The van der Waals surface area contributed by atoms with Gasteiger partial charge >= 0.3 is 0 Å². The van der Waals surface area contributed by atoms with Gasteiger partial charge in [0, 0.05) is 52.9 Å². The zero-order valence-corrected chi connectivity index (χ0v) is 18.7. The second-order valence-corrected chi connectivity index (χ2v) is 7.82. The van der Waals surface area contributed by atoms with Gasteiger partial charge in [-0.15, -0.1) is 0 Å². The Kier molecular flexibility index (Phi) is 7.79. The molecule has 0 saturated carbocycles. The summed E-state index contributed by atoms with van der Waals surface area (Å²) >= 11 is 0. The number of guanidine groups is 1. The highest BCUT2D eigenvalue weighted by Gasteiger charge is 2.30. The van der Waals surface area contributed by atoms with Crippen LogP contribution in [-0.2, 0) is 11.3 Å². The van der Waals surface area contributed by atoms with Crippen LogP contribution in [0.5, 0.6) is 11.5 Å². The number of rotatable bonds is 6. The van der Waals surface area contributed by atoms with Crippen molar-refractivity contribution in [3.8, 4) is 11.5 Å². The zero-order chi connectivity index (χ0) is 21.5. The van der Waals surface area contributed by atoms with E-state index >= 15 is 0 Å². The van der Waals surface area contributed by atoms with Crippen molar-refractivity contribution in [1.82, 2.24) is 20.0 Å². The molecular formula is C22H35N5O3. The van der Waals surface area contributed by atoms with E-state index in [1.165, 1.54) is 0 Å². The maximum Gasteiger partial charge on any atom is 0.239 e. The summed E-state index contributed by atoms with van der Waals surface area (Å²) in [5.41, 5.74) is 1.09. The lowest BCUT2D eigenvalue weighted by Gasteiger charge is -2.39. The maximum absolute atomic E-state index is 12.7. The summed E-state index contributed by atoms with van der Waals surface area (Å²) in [6, 6.07) is 5.86. The van der Waals surface area contributed by atoms with Gasteiger partial charge in [0.1, 0.15) is 0 Å². The van der Waals surface area contributed by atoms with Crippen LogP contribution in [0.1, 0.15) is 25.3 Å². The molecule has 8 heteroatoms. The van der Waals surface area contributed by atoms with E-state index in [1.807, 2.05) is 37.1 Å². The SMILES string of the molecule is CN=C(NCc1ccc(OC)c(OC)c1)N1CCN(C(C)C(=O)N2CCCC2)CC1. The molecule has 1 aromatic carbocycles. The first-order valence-electron chi connectivity index (χ1n) is 10.8. The molecule has 0 aromatic heterocycles. The molecule has 1 amide bonds. The van der Waals surface area contributed by atoms with Gasteiger partial charge in [0.2, 0.25) is 5.91 Å². The molecule has 2 saturated heterocycles. The number of hydrogen-bond donors (Lipinski definition) is 1. The lowest BCUT2D eigenvalue weighted by molar-refractivity contribution is -0.135. The summed E-state index contributed by atoms with van der Waals surface area (Å²) in [6.07, 6.45) is 2.27. The van der Waals surface area contributed by atoms with E-state index in [0.29, 0.717) is 6.54 Å². The van der Waals surface area contributed by atoms with Crippen LogP contribution in [0.3, 0.4) is 0 Å². The maximum atomic E-state index is 12.7. The largest absolute Gasteiger partial charge is 0.493 e. The summed E-state index contributed by atoms with van der Waals surface area (Å²) in [7, 11) is 5.09. The Bertz CT molecular complexity index is 740. The standard InChI is InChI=1S/C22H35N5O3/c1-17(21(28)26-9-5-6-10-26)25-11-13-27(14-12-25)22(23-2)24-16-18-7-8-19(29-3)20(15-18)30-4/h7-8,15,17H,5-6,9-14,16H2,1-4H3,(H,23,24). The Hall–Kier alpha value is -2.48. The Morgan fingerprint density at radius 1 is 1.03 bits per heavy atom. The van der Waals surface area contributed by atoms with Gasteiger partial charge in [0.25, 0.3) is 0 Å². The van der Waals surface area contributed by atoms with Crippen molar-refractivity contribution in [2.75, 3.05) is 60.5 Å². The normalized spacial score (nSPS) is 19.0. The van der Waals surface area contributed by atoms with Crippen molar-refractivity contribution < 1.29 is 14.3 Å². The predicted molar refractivity (Wildman–Crippen MR) is 118 cm³/mol. The molecule has 30 heavy (non-hydrogen) atoms. The van der Waals surface area contributed by atoms with Crippen LogP contribution < -0.4 is 14.8 Å². The number of ether oxygens (including phenoxy) is 2. The van der Waals surface area contributed by atoms with Crippen LogP contribution in [0.25, 0.3) is 0 Å². The van der Waals surface area contributed by atoms with Gasteiger partial charge in [0.05, 0.1) is 20.3 Å². The van der Waals surface area contributed by atoms with Crippen molar-refractivity contribution >= 4 is 11.9 Å². The minimum atomic E-state index is -0.0491. The van der Waals surface area contributed by atoms with Gasteiger partial charge in [-0.25, -0.2) is 0 Å². The Balaban J connectivity index is 1.51.